The number of carbonyl (C=O) groups is 1. The normalized spacial score (nSPS) is 12.6. The summed E-state index contributed by atoms with van der Waals surface area (Å²) in [6.45, 7) is 11.1. The maximum absolute atomic E-state index is 13.2. The van der Waals surface area contributed by atoms with E-state index in [2.05, 4.69) is 33.9 Å². The number of benzene rings is 1. The first-order valence-corrected chi connectivity index (χ1v) is 9.56. The predicted molar refractivity (Wildman–Crippen MR) is 78.6 cm³/mol. The number of carbonyl (C=O) groups excluding carboxylic acids is 1. The quantitative estimate of drug-likeness (QED) is 0.597. The van der Waals surface area contributed by atoms with E-state index in [0.29, 0.717) is 24.9 Å². The standard InChI is InChI=1S/C15H22F2O2Si/c1-15(2,3)20(4,5)19-7-6-11-8-13(16)14(17)9-12(11)10-18/h8-10H,6-7H2,1-5H3. The van der Waals surface area contributed by atoms with E-state index < -0.39 is 20.0 Å². The van der Waals surface area contributed by atoms with Gasteiger partial charge in [0.25, 0.3) is 0 Å². The zero-order chi connectivity index (χ0) is 15.6. The summed E-state index contributed by atoms with van der Waals surface area (Å²) in [5, 5.41) is 0.0918. The van der Waals surface area contributed by atoms with Crippen LogP contribution in [-0.2, 0) is 10.8 Å². The molecule has 1 rings (SSSR count). The molecular weight excluding hydrogens is 278 g/mol. The highest BCUT2D eigenvalue weighted by Crippen LogP contribution is 2.36. The van der Waals surface area contributed by atoms with Crippen molar-refractivity contribution in [2.24, 2.45) is 0 Å². The molecule has 0 saturated heterocycles. The van der Waals surface area contributed by atoms with Gasteiger partial charge in [-0.2, -0.15) is 0 Å². The Balaban J connectivity index is 2.76. The Morgan fingerprint density at radius 1 is 1.20 bits per heavy atom. The Kier molecular flexibility index (Phi) is 5.21. The van der Waals surface area contributed by atoms with Crippen molar-refractivity contribution in [1.82, 2.24) is 0 Å². The van der Waals surface area contributed by atoms with Gasteiger partial charge in [0.2, 0.25) is 0 Å². The molecule has 0 aliphatic rings. The van der Waals surface area contributed by atoms with Gasteiger partial charge in [0.1, 0.15) is 6.29 Å². The van der Waals surface area contributed by atoms with Gasteiger partial charge in [0, 0.05) is 12.2 Å². The Morgan fingerprint density at radius 2 is 1.75 bits per heavy atom. The van der Waals surface area contributed by atoms with Gasteiger partial charge < -0.3 is 4.43 Å². The number of aldehydes is 1. The number of rotatable bonds is 5. The molecule has 20 heavy (non-hydrogen) atoms. The van der Waals surface area contributed by atoms with Crippen molar-refractivity contribution in [1.29, 1.82) is 0 Å². The summed E-state index contributed by atoms with van der Waals surface area (Å²) < 4.78 is 32.3. The monoisotopic (exact) mass is 300 g/mol. The Hall–Kier alpha value is -1.07. The summed E-state index contributed by atoms with van der Waals surface area (Å²) in [5.74, 6) is -1.93. The second kappa shape index (κ2) is 6.14. The average molecular weight is 300 g/mol. The molecule has 112 valence electrons. The first kappa shape index (κ1) is 17.0. The van der Waals surface area contributed by atoms with Crippen LogP contribution in [-0.4, -0.2) is 21.2 Å². The minimum Gasteiger partial charge on any atom is -0.416 e. The van der Waals surface area contributed by atoms with E-state index >= 15 is 0 Å². The Morgan fingerprint density at radius 3 is 2.25 bits per heavy atom. The molecule has 0 aromatic heterocycles. The highest BCUT2D eigenvalue weighted by molar-refractivity contribution is 6.74. The summed E-state index contributed by atoms with van der Waals surface area (Å²) >= 11 is 0. The van der Waals surface area contributed by atoms with Gasteiger partial charge in [-0.3, -0.25) is 4.79 Å². The van der Waals surface area contributed by atoms with Crippen LogP contribution in [0.1, 0.15) is 36.7 Å². The van der Waals surface area contributed by atoms with Gasteiger partial charge in [-0.1, -0.05) is 20.8 Å². The van der Waals surface area contributed by atoms with Crippen LogP contribution in [0.3, 0.4) is 0 Å². The molecule has 2 nitrogen and oxygen atoms in total. The molecule has 0 aliphatic heterocycles. The SMILES string of the molecule is CC(C)(C)[Si](C)(C)OCCc1cc(F)c(F)cc1C=O. The fourth-order valence-electron chi connectivity index (χ4n) is 1.56. The average Bonchev–Trinajstić information content (AvgIpc) is 2.31. The van der Waals surface area contributed by atoms with Gasteiger partial charge in [0.05, 0.1) is 0 Å². The smallest absolute Gasteiger partial charge is 0.191 e. The summed E-state index contributed by atoms with van der Waals surface area (Å²) in [4.78, 5) is 10.9. The summed E-state index contributed by atoms with van der Waals surface area (Å²) in [6, 6.07) is 2.01. The van der Waals surface area contributed by atoms with Crippen molar-refractivity contribution in [3.63, 3.8) is 0 Å². The van der Waals surface area contributed by atoms with Crippen LogP contribution in [0.4, 0.5) is 8.78 Å². The first-order valence-electron chi connectivity index (χ1n) is 6.65. The van der Waals surface area contributed by atoms with Crippen LogP contribution in [0.15, 0.2) is 12.1 Å². The van der Waals surface area contributed by atoms with Crippen molar-refractivity contribution >= 4 is 14.6 Å². The highest BCUT2D eigenvalue weighted by atomic mass is 28.4. The molecule has 0 fully saturated rings. The van der Waals surface area contributed by atoms with E-state index in [0.717, 1.165) is 12.1 Å². The molecule has 0 heterocycles. The topological polar surface area (TPSA) is 26.3 Å². The number of hydrogen-bond donors (Lipinski definition) is 0. The minimum absolute atomic E-state index is 0.0918. The fraction of sp³-hybridized carbons (Fsp3) is 0.533. The first-order chi connectivity index (χ1) is 9.08. The molecule has 0 amide bonds. The zero-order valence-corrected chi connectivity index (χ0v) is 13.7. The van der Waals surface area contributed by atoms with Crippen LogP contribution >= 0.6 is 0 Å². The molecule has 1 aromatic rings. The summed E-state index contributed by atoms with van der Waals surface area (Å²) in [6.07, 6.45) is 0.946. The third kappa shape index (κ3) is 3.96. The molecule has 0 bridgehead atoms. The Bertz CT molecular complexity index is 493. The molecule has 5 heteroatoms. The molecule has 0 aliphatic carbocycles. The molecule has 0 saturated carbocycles. The van der Waals surface area contributed by atoms with E-state index in [1.165, 1.54) is 0 Å². The van der Waals surface area contributed by atoms with E-state index in [4.69, 9.17) is 4.43 Å². The molecule has 0 radical (unpaired) electrons. The predicted octanol–water partition coefficient (Wildman–Crippen LogP) is 4.34. The lowest BCUT2D eigenvalue weighted by atomic mass is 10.1. The summed E-state index contributed by atoms with van der Waals surface area (Å²) in [7, 11) is -1.87. The van der Waals surface area contributed by atoms with E-state index in [9.17, 15) is 13.6 Å². The zero-order valence-electron chi connectivity index (χ0n) is 12.7. The van der Waals surface area contributed by atoms with E-state index in [1.54, 1.807) is 0 Å². The van der Waals surface area contributed by atoms with Crippen molar-refractivity contribution in [3.8, 4) is 0 Å². The maximum Gasteiger partial charge on any atom is 0.191 e. The van der Waals surface area contributed by atoms with Crippen molar-refractivity contribution in [2.45, 2.75) is 45.3 Å². The fourth-order valence-corrected chi connectivity index (χ4v) is 2.61. The van der Waals surface area contributed by atoms with Gasteiger partial charge in [-0.05, 0) is 42.2 Å². The van der Waals surface area contributed by atoms with Gasteiger partial charge in [-0.25, -0.2) is 8.78 Å². The van der Waals surface area contributed by atoms with Crippen molar-refractivity contribution in [2.75, 3.05) is 6.61 Å². The molecule has 0 atom stereocenters. The van der Waals surface area contributed by atoms with Crippen LogP contribution in [0.2, 0.25) is 18.1 Å². The minimum atomic E-state index is -1.87. The lowest BCUT2D eigenvalue weighted by Crippen LogP contribution is -2.41. The third-order valence-electron chi connectivity index (χ3n) is 3.95. The third-order valence-corrected chi connectivity index (χ3v) is 8.49. The summed E-state index contributed by atoms with van der Waals surface area (Å²) in [5.41, 5.74) is 0.667. The van der Waals surface area contributed by atoms with Crippen LogP contribution in [0.5, 0.6) is 0 Å². The van der Waals surface area contributed by atoms with Crippen molar-refractivity contribution < 1.29 is 18.0 Å². The van der Waals surface area contributed by atoms with Gasteiger partial charge in [-0.15, -0.1) is 0 Å². The number of hydrogen-bond acceptors (Lipinski definition) is 2. The van der Waals surface area contributed by atoms with Crippen LogP contribution in [0.25, 0.3) is 0 Å². The van der Waals surface area contributed by atoms with Gasteiger partial charge >= 0.3 is 0 Å². The second-order valence-corrected chi connectivity index (χ2v) is 11.3. The second-order valence-electron chi connectivity index (χ2n) is 6.44. The molecule has 0 unspecified atom stereocenters. The van der Waals surface area contributed by atoms with E-state index in [1.807, 2.05) is 0 Å². The Labute approximate surface area is 120 Å². The molecule has 1 aromatic carbocycles. The lowest BCUT2D eigenvalue weighted by Gasteiger charge is -2.36. The number of halogens is 2. The van der Waals surface area contributed by atoms with Crippen molar-refractivity contribution in [3.05, 3.63) is 34.9 Å². The molecule has 0 spiro atoms. The van der Waals surface area contributed by atoms with Crippen LogP contribution in [0, 0.1) is 11.6 Å². The highest BCUT2D eigenvalue weighted by Gasteiger charge is 2.36. The van der Waals surface area contributed by atoms with Gasteiger partial charge in [0.15, 0.2) is 20.0 Å². The lowest BCUT2D eigenvalue weighted by molar-refractivity contribution is 0.112. The van der Waals surface area contributed by atoms with E-state index in [-0.39, 0.29) is 10.6 Å². The molecular formula is C15H22F2O2Si. The maximum atomic E-state index is 13.2. The largest absolute Gasteiger partial charge is 0.416 e. The molecule has 0 N–H and O–H groups in total. The van der Waals surface area contributed by atoms with Crippen LogP contribution < -0.4 is 0 Å².